The molecule has 2 rings (SSSR count). The molecular weight excluding hydrogens is 140 g/mol. The van der Waals surface area contributed by atoms with Crippen LogP contribution in [0.25, 0.3) is 0 Å². The Morgan fingerprint density at radius 1 is 1.00 bits per heavy atom. The van der Waals surface area contributed by atoms with Gasteiger partial charge in [-0.1, -0.05) is 0 Å². The maximum Gasteiger partial charge on any atom is 0.244 e. The first-order valence-electron chi connectivity index (χ1n) is 2.88. The number of hydrogen-bond donors (Lipinski definition) is 0. The van der Waals surface area contributed by atoms with Crippen molar-refractivity contribution in [3.8, 4) is 0 Å². The summed E-state index contributed by atoms with van der Waals surface area (Å²) in [5.41, 5.74) is 0. The molecule has 0 spiro atoms. The summed E-state index contributed by atoms with van der Waals surface area (Å²) in [6.45, 7) is 0.367. The van der Waals surface area contributed by atoms with Crippen LogP contribution in [0.15, 0.2) is 0 Å². The Labute approximate surface area is 56.8 Å². The quantitative estimate of drug-likeness (QED) is 0.511. The Hall–Kier alpha value is -0.490. The molecule has 0 atom stereocenters. The molecule has 5 heteroatoms. The molecule has 0 saturated carbocycles. The zero-order valence-corrected chi connectivity index (χ0v) is 5.11. The third kappa shape index (κ3) is 0.836. The van der Waals surface area contributed by atoms with Gasteiger partial charge in [0.25, 0.3) is 0 Å². The van der Waals surface area contributed by atoms with Crippen molar-refractivity contribution in [2.75, 3.05) is 13.6 Å². The number of ketones is 1. The van der Waals surface area contributed by atoms with E-state index in [-0.39, 0.29) is 19.4 Å². The van der Waals surface area contributed by atoms with Gasteiger partial charge in [-0.05, 0) is 0 Å². The predicted octanol–water partition coefficient (Wildman–Crippen LogP) is -0.784. The summed E-state index contributed by atoms with van der Waals surface area (Å²) in [6, 6.07) is 0. The number of ether oxygens (including phenoxy) is 4. The van der Waals surface area contributed by atoms with E-state index >= 15 is 0 Å². The molecule has 2 aliphatic rings. The van der Waals surface area contributed by atoms with Gasteiger partial charge >= 0.3 is 0 Å². The van der Waals surface area contributed by atoms with Crippen molar-refractivity contribution >= 4 is 5.78 Å². The second kappa shape index (κ2) is 2.28. The highest BCUT2D eigenvalue weighted by molar-refractivity contribution is 5.85. The second-order valence-corrected chi connectivity index (χ2v) is 1.97. The van der Waals surface area contributed by atoms with Gasteiger partial charge in [-0.25, -0.2) is 0 Å². The molecule has 10 heavy (non-hydrogen) atoms. The Morgan fingerprint density at radius 2 is 1.40 bits per heavy atom. The summed E-state index contributed by atoms with van der Waals surface area (Å²) in [5.74, 6) is -0.294. The van der Waals surface area contributed by atoms with Gasteiger partial charge in [0.2, 0.25) is 18.4 Å². The number of carbonyl (C=O) groups excluding carboxylic acids is 1. The van der Waals surface area contributed by atoms with Crippen LogP contribution in [0.4, 0.5) is 0 Å². The third-order valence-electron chi connectivity index (χ3n) is 1.34. The van der Waals surface area contributed by atoms with Gasteiger partial charge in [0.15, 0.2) is 13.6 Å². The van der Waals surface area contributed by atoms with E-state index in [0.717, 1.165) is 0 Å². The molecule has 0 unspecified atom stereocenters. The topological polar surface area (TPSA) is 54.0 Å². The van der Waals surface area contributed by atoms with Crippen molar-refractivity contribution in [1.82, 2.24) is 0 Å². The molecule has 0 aromatic carbocycles. The molecule has 0 amide bonds. The maximum atomic E-state index is 10.9. The minimum absolute atomic E-state index is 0.184. The van der Waals surface area contributed by atoms with Gasteiger partial charge in [0.1, 0.15) is 0 Å². The highest BCUT2D eigenvalue weighted by atomic mass is 16.9. The second-order valence-electron chi connectivity index (χ2n) is 1.97. The first-order chi connectivity index (χ1) is 4.88. The smallest absolute Gasteiger partial charge is 0.244 e. The number of Topliss-reactive ketones (excluding diaryl/α,β-unsaturated/α-hetero) is 1. The lowest BCUT2D eigenvalue weighted by atomic mass is 10.3. The molecule has 2 saturated heterocycles. The average molecular weight is 146 g/mol. The lowest BCUT2D eigenvalue weighted by molar-refractivity contribution is -0.342. The molecule has 0 radical (unpaired) electrons. The van der Waals surface area contributed by atoms with E-state index in [0.29, 0.717) is 0 Å². The SMILES string of the molecule is O=C(C1OCO1)C1OCO1. The van der Waals surface area contributed by atoms with Crippen LogP contribution in [0.1, 0.15) is 0 Å². The van der Waals surface area contributed by atoms with Crippen LogP contribution in [0.5, 0.6) is 0 Å². The van der Waals surface area contributed by atoms with Gasteiger partial charge in [0, 0.05) is 0 Å². The van der Waals surface area contributed by atoms with Crippen LogP contribution in [0, 0.1) is 0 Å². The average Bonchev–Trinajstić information content (AvgIpc) is 1.52. The maximum absolute atomic E-state index is 10.9. The van der Waals surface area contributed by atoms with E-state index in [1.807, 2.05) is 0 Å². The van der Waals surface area contributed by atoms with Gasteiger partial charge in [-0.3, -0.25) is 4.79 Å². The Kier molecular flexibility index (Phi) is 1.42. The predicted molar refractivity (Wildman–Crippen MR) is 26.7 cm³/mol. The molecule has 2 fully saturated rings. The standard InChI is InChI=1S/C5H6O5/c6-3(4-7-1-8-4)5-9-2-10-5/h4-5H,1-2H2. The number of rotatable bonds is 2. The third-order valence-corrected chi connectivity index (χ3v) is 1.34. The Morgan fingerprint density at radius 3 is 1.60 bits per heavy atom. The summed E-state index contributed by atoms with van der Waals surface area (Å²) in [4.78, 5) is 10.9. The van der Waals surface area contributed by atoms with Gasteiger partial charge in [-0.2, -0.15) is 0 Å². The molecule has 2 heterocycles. The number of hydrogen-bond acceptors (Lipinski definition) is 5. The van der Waals surface area contributed by atoms with Crippen LogP contribution in [-0.4, -0.2) is 31.9 Å². The van der Waals surface area contributed by atoms with Crippen LogP contribution >= 0.6 is 0 Å². The molecule has 0 N–H and O–H groups in total. The fraction of sp³-hybridized carbons (Fsp3) is 0.800. The molecule has 0 aliphatic carbocycles. The lowest BCUT2D eigenvalue weighted by Gasteiger charge is -2.32. The highest BCUT2D eigenvalue weighted by Crippen LogP contribution is 2.16. The minimum atomic E-state index is -0.759. The van der Waals surface area contributed by atoms with Gasteiger partial charge in [-0.15, -0.1) is 0 Å². The van der Waals surface area contributed by atoms with Gasteiger partial charge in [0.05, 0.1) is 0 Å². The summed E-state index contributed by atoms with van der Waals surface area (Å²) in [5, 5.41) is 0. The zero-order chi connectivity index (χ0) is 6.97. The molecular formula is C5H6O5. The van der Waals surface area contributed by atoms with Crippen LogP contribution in [0.3, 0.4) is 0 Å². The summed E-state index contributed by atoms with van der Waals surface area (Å²) in [6.07, 6.45) is -1.52. The van der Waals surface area contributed by atoms with Crippen molar-refractivity contribution in [3.63, 3.8) is 0 Å². The van der Waals surface area contributed by atoms with E-state index in [1.165, 1.54) is 0 Å². The van der Waals surface area contributed by atoms with Crippen LogP contribution < -0.4 is 0 Å². The van der Waals surface area contributed by atoms with E-state index in [9.17, 15) is 4.79 Å². The first-order valence-corrected chi connectivity index (χ1v) is 2.88. The summed E-state index contributed by atoms with van der Waals surface area (Å²) < 4.78 is 18.9. The molecule has 0 aromatic rings. The molecule has 0 bridgehead atoms. The van der Waals surface area contributed by atoms with Gasteiger partial charge < -0.3 is 18.9 Å². The van der Waals surface area contributed by atoms with Crippen molar-refractivity contribution in [2.45, 2.75) is 12.6 Å². The first kappa shape index (κ1) is 6.23. The van der Waals surface area contributed by atoms with E-state index in [1.54, 1.807) is 0 Å². The summed E-state index contributed by atoms with van der Waals surface area (Å²) in [7, 11) is 0. The monoisotopic (exact) mass is 146 g/mol. The fourth-order valence-electron chi connectivity index (χ4n) is 0.712. The van der Waals surface area contributed by atoms with Crippen molar-refractivity contribution in [3.05, 3.63) is 0 Å². The van der Waals surface area contributed by atoms with Crippen LogP contribution in [0.2, 0.25) is 0 Å². The zero-order valence-electron chi connectivity index (χ0n) is 5.11. The molecule has 2 aliphatic heterocycles. The van der Waals surface area contributed by atoms with E-state index < -0.39 is 12.6 Å². The van der Waals surface area contributed by atoms with Crippen molar-refractivity contribution < 1.29 is 23.7 Å². The molecule has 56 valence electrons. The Balaban J connectivity index is 1.84. The summed E-state index contributed by atoms with van der Waals surface area (Å²) >= 11 is 0. The number of carbonyl (C=O) groups is 1. The molecule has 5 nitrogen and oxygen atoms in total. The Bertz CT molecular complexity index is 132. The van der Waals surface area contributed by atoms with Crippen LogP contribution in [-0.2, 0) is 23.7 Å². The van der Waals surface area contributed by atoms with Crippen molar-refractivity contribution in [2.24, 2.45) is 0 Å². The molecule has 0 aromatic heterocycles. The normalized spacial score (nSPS) is 27.2. The minimum Gasteiger partial charge on any atom is -0.319 e. The lowest BCUT2D eigenvalue weighted by Crippen LogP contribution is -2.49. The largest absolute Gasteiger partial charge is 0.319 e. The van der Waals surface area contributed by atoms with Crippen molar-refractivity contribution in [1.29, 1.82) is 0 Å². The van der Waals surface area contributed by atoms with E-state index in [2.05, 4.69) is 0 Å². The highest BCUT2D eigenvalue weighted by Gasteiger charge is 2.38. The fourth-order valence-corrected chi connectivity index (χ4v) is 0.712. The van der Waals surface area contributed by atoms with E-state index in [4.69, 9.17) is 18.9 Å².